The Morgan fingerprint density at radius 1 is 1.33 bits per heavy atom. The first-order valence-corrected chi connectivity index (χ1v) is 4.04. The predicted molar refractivity (Wildman–Crippen MR) is 53.5 cm³/mol. The molecule has 1 rings (SSSR count). The van der Waals surface area contributed by atoms with Crippen molar-refractivity contribution in [1.29, 1.82) is 5.41 Å². The third-order valence-corrected chi connectivity index (χ3v) is 1.64. The van der Waals surface area contributed by atoms with Crippen molar-refractivity contribution in [2.45, 2.75) is 13.3 Å². The van der Waals surface area contributed by atoms with E-state index in [1.807, 2.05) is 25.1 Å². The summed E-state index contributed by atoms with van der Waals surface area (Å²) in [6.45, 7) is 2.04. The number of hydrogen-bond donors (Lipinski definition) is 1. The van der Waals surface area contributed by atoms with Crippen LogP contribution in [0.25, 0.3) is 6.08 Å². The molecule has 0 saturated heterocycles. The number of benzene rings is 1. The van der Waals surface area contributed by atoms with Crippen LogP contribution in [-0.4, -0.2) is 6.21 Å². The van der Waals surface area contributed by atoms with Crippen LogP contribution in [0.3, 0.4) is 0 Å². The molecule has 0 aromatic heterocycles. The molecule has 0 saturated carbocycles. The highest BCUT2D eigenvalue weighted by atomic mass is 14.3. The van der Waals surface area contributed by atoms with Gasteiger partial charge in [0.25, 0.3) is 0 Å². The molecule has 1 nitrogen and oxygen atoms in total. The molecule has 0 bridgehead atoms. The van der Waals surface area contributed by atoms with Crippen molar-refractivity contribution in [2.24, 2.45) is 0 Å². The standard InChI is InChI=1S/C11H13N/c1-10(7-8-12)9-11-5-3-2-4-6-11/h2-6,8-9,12H,7H2,1H3. The second-order valence-electron chi connectivity index (χ2n) is 2.81. The van der Waals surface area contributed by atoms with Crippen molar-refractivity contribution < 1.29 is 0 Å². The second kappa shape index (κ2) is 4.50. The lowest BCUT2D eigenvalue weighted by atomic mass is 10.1. The monoisotopic (exact) mass is 159 g/mol. The zero-order chi connectivity index (χ0) is 8.81. The summed E-state index contributed by atoms with van der Waals surface area (Å²) in [4.78, 5) is 0. The van der Waals surface area contributed by atoms with Crippen molar-refractivity contribution in [1.82, 2.24) is 0 Å². The summed E-state index contributed by atoms with van der Waals surface area (Å²) in [6, 6.07) is 10.2. The first-order valence-electron chi connectivity index (χ1n) is 4.04. The molecule has 0 spiro atoms. The van der Waals surface area contributed by atoms with E-state index in [2.05, 4.69) is 18.2 Å². The first kappa shape index (κ1) is 8.72. The zero-order valence-electron chi connectivity index (χ0n) is 7.25. The van der Waals surface area contributed by atoms with E-state index in [0.29, 0.717) is 0 Å². The molecule has 0 heterocycles. The number of allylic oxidation sites excluding steroid dienone is 1. The van der Waals surface area contributed by atoms with E-state index >= 15 is 0 Å². The van der Waals surface area contributed by atoms with Gasteiger partial charge >= 0.3 is 0 Å². The lowest BCUT2D eigenvalue weighted by molar-refractivity contribution is 1.29. The van der Waals surface area contributed by atoms with Crippen molar-refractivity contribution in [3.63, 3.8) is 0 Å². The molecule has 0 radical (unpaired) electrons. The predicted octanol–water partition coefficient (Wildman–Crippen LogP) is 3.13. The Balaban J connectivity index is 2.74. The molecular formula is C11H13N. The SMILES string of the molecule is CC(=Cc1ccccc1)CC=N. The van der Waals surface area contributed by atoms with Gasteiger partial charge in [-0.2, -0.15) is 0 Å². The molecule has 1 heteroatoms. The lowest BCUT2D eigenvalue weighted by Gasteiger charge is -1.95. The van der Waals surface area contributed by atoms with Crippen LogP contribution in [-0.2, 0) is 0 Å². The van der Waals surface area contributed by atoms with E-state index < -0.39 is 0 Å². The van der Waals surface area contributed by atoms with Crippen LogP contribution in [0.2, 0.25) is 0 Å². The van der Waals surface area contributed by atoms with Gasteiger partial charge in [-0.05, 0) is 18.7 Å². The minimum atomic E-state index is 0.745. The molecule has 0 atom stereocenters. The van der Waals surface area contributed by atoms with Gasteiger partial charge in [0, 0.05) is 6.42 Å². The molecule has 0 unspecified atom stereocenters. The number of rotatable bonds is 3. The number of nitrogens with one attached hydrogen (secondary N) is 1. The van der Waals surface area contributed by atoms with Crippen LogP contribution in [0, 0.1) is 5.41 Å². The highest BCUT2D eigenvalue weighted by molar-refractivity contribution is 5.62. The van der Waals surface area contributed by atoms with Gasteiger partial charge in [-0.1, -0.05) is 42.0 Å². The molecule has 0 fully saturated rings. The molecule has 0 aliphatic heterocycles. The zero-order valence-corrected chi connectivity index (χ0v) is 7.25. The molecular weight excluding hydrogens is 146 g/mol. The van der Waals surface area contributed by atoms with Crippen LogP contribution in [0.4, 0.5) is 0 Å². The van der Waals surface area contributed by atoms with E-state index in [0.717, 1.165) is 6.42 Å². The second-order valence-corrected chi connectivity index (χ2v) is 2.81. The maximum atomic E-state index is 6.93. The first-order chi connectivity index (χ1) is 5.83. The Morgan fingerprint density at radius 3 is 2.58 bits per heavy atom. The highest BCUT2D eigenvalue weighted by Gasteiger charge is 1.87. The Kier molecular flexibility index (Phi) is 3.27. The van der Waals surface area contributed by atoms with Gasteiger partial charge in [-0.25, -0.2) is 0 Å². The van der Waals surface area contributed by atoms with Gasteiger partial charge in [0.15, 0.2) is 0 Å². The largest absolute Gasteiger partial charge is 0.313 e. The molecule has 0 amide bonds. The molecule has 1 aromatic rings. The van der Waals surface area contributed by atoms with E-state index in [1.54, 1.807) is 0 Å². The minimum absolute atomic E-state index is 0.745. The fourth-order valence-corrected chi connectivity index (χ4v) is 1.05. The summed E-state index contributed by atoms with van der Waals surface area (Å²) in [7, 11) is 0. The van der Waals surface area contributed by atoms with Gasteiger partial charge in [-0.15, -0.1) is 0 Å². The molecule has 1 aromatic carbocycles. The summed E-state index contributed by atoms with van der Waals surface area (Å²) in [5, 5.41) is 6.93. The lowest BCUT2D eigenvalue weighted by Crippen LogP contribution is -1.77. The van der Waals surface area contributed by atoms with Gasteiger partial charge < -0.3 is 5.41 Å². The van der Waals surface area contributed by atoms with Crippen molar-refractivity contribution in [3.8, 4) is 0 Å². The maximum absolute atomic E-state index is 6.93. The fourth-order valence-electron chi connectivity index (χ4n) is 1.05. The smallest absolute Gasteiger partial charge is 0.00307 e. The maximum Gasteiger partial charge on any atom is 0.00307 e. The van der Waals surface area contributed by atoms with Crippen molar-refractivity contribution in [2.75, 3.05) is 0 Å². The normalized spacial score (nSPS) is 11.2. The van der Waals surface area contributed by atoms with Crippen LogP contribution in [0.1, 0.15) is 18.9 Å². The fraction of sp³-hybridized carbons (Fsp3) is 0.182. The Hall–Kier alpha value is -1.37. The molecule has 1 N–H and O–H groups in total. The Labute approximate surface area is 73.3 Å². The van der Waals surface area contributed by atoms with E-state index in [1.165, 1.54) is 17.4 Å². The van der Waals surface area contributed by atoms with E-state index in [4.69, 9.17) is 5.41 Å². The summed E-state index contributed by atoms with van der Waals surface area (Å²) < 4.78 is 0. The number of hydrogen-bond acceptors (Lipinski definition) is 1. The third kappa shape index (κ3) is 2.70. The molecule has 12 heavy (non-hydrogen) atoms. The highest BCUT2D eigenvalue weighted by Crippen LogP contribution is 2.07. The van der Waals surface area contributed by atoms with Crippen LogP contribution in [0.15, 0.2) is 35.9 Å². The summed E-state index contributed by atoms with van der Waals surface area (Å²) in [6.07, 6.45) is 4.27. The van der Waals surface area contributed by atoms with E-state index in [9.17, 15) is 0 Å². The van der Waals surface area contributed by atoms with Gasteiger partial charge in [0.05, 0.1) is 0 Å². The molecule has 0 aliphatic rings. The Morgan fingerprint density at radius 2 is 2.00 bits per heavy atom. The molecule has 62 valence electrons. The quantitative estimate of drug-likeness (QED) is 0.655. The average Bonchev–Trinajstić information content (AvgIpc) is 2.06. The van der Waals surface area contributed by atoms with Gasteiger partial charge in [-0.3, -0.25) is 0 Å². The minimum Gasteiger partial charge on any atom is -0.313 e. The summed E-state index contributed by atoms with van der Waals surface area (Å²) in [5.41, 5.74) is 2.42. The Bertz CT molecular complexity index is 272. The van der Waals surface area contributed by atoms with Crippen molar-refractivity contribution >= 4 is 12.3 Å². The third-order valence-electron chi connectivity index (χ3n) is 1.64. The van der Waals surface area contributed by atoms with E-state index in [-0.39, 0.29) is 0 Å². The van der Waals surface area contributed by atoms with Gasteiger partial charge in [0.1, 0.15) is 0 Å². The van der Waals surface area contributed by atoms with Crippen LogP contribution < -0.4 is 0 Å². The topological polar surface area (TPSA) is 23.9 Å². The average molecular weight is 159 g/mol. The van der Waals surface area contributed by atoms with Gasteiger partial charge in [0.2, 0.25) is 0 Å². The van der Waals surface area contributed by atoms with Crippen LogP contribution >= 0.6 is 0 Å². The van der Waals surface area contributed by atoms with Crippen molar-refractivity contribution in [3.05, 3.63) is 41.5 Å². The summed E-state index contributed by atoms with van der Waals surface area (Å²) >= 11 is 0. The summed E-state index contributed by atoms with van der Waals surface area (Å²) in [5.74, 6) is 0. The molecule has 0 aliphatic carbocycles. The van der Waals surface area contributed by atoms with Crippen LogP contribution in [0.5, 0.6) is 0 Å².